The maximum atomic E-state index is 11.0. The summed E-state index contributed by atoms with van der Waals surface area (Å²) in [6.45, 7) is 7.74. The van der Waals surface area contributed by atoms with Crippen molar-refractivity contribution in [2.75, 3.05) is 31.9 Å². The highest BCUT2D eigenvalue weighted by molar-refractivity contribution is 9.10. The molecule has 3 rings (SSSR count). The smallest absolute Gasteiger partial charge is 0.383 e. The molecule has 0 aromatic carbocycles. The number of nitrogens with two attached hydrogens (primary N) is 1. The summed E-state index contributed by atoms with van der Waals surface area (Å²) in [4.78, 5) is 15.5. The van der Waals surface area contributed by atoms with E-state index in [0.29, 0.717) is 10.4 Å². The molecule has 118 valence electrons. The van der Waals surface area contributed by atoms with Gasteiger partial charge in [0.25, 0.3) is 0 Å². The highest BCUT2D eigenvalue weighted by Gasteiger charge is 2.64. The Morgan fingerprint density at radius 2 is 1.81 bits per heavy atom. The van der Waals surface area contributed by atoms with Gasteiger partial charge in [-0.2, -0.15) is 9.42 Å². The van der Waals surface area contributed by atoms with E-state index >= 15 is 0 Å². The van der Waals surface area contributed by atoms with E-state index < -0.39 is 8.02 Å². The molecule has 3 heterocycles. The van der Waals surface area contributed by atoms with Gasteiger partial charge in [-0.25, -0.2) is 4.98 Å². The average Bonchev–Trinajstić information content (AvgIpc) is 3.30. The second-order valence-electron chi connectivity index (χ2n) is 5.90. The zero-order chi connectivity index (χ0) is 15.4. The van der Waals surface area contributed by atoms with Crippen molar-refractivity contribution in [3.63, 3.8) is 0 Å². The number of anilines is 1. The fourth-order valence-corrected chi connectivity index (χ4v) is 5.23. The average molecular weight is 379 g/mol. The van der Waals surface area contributed by atoms with Crippen molar-refractivity contribution in [3.05, 3.63) is 10.4 Å². The van der Waals surface area contributed by atoms with E-state index in [9.17, 15) is 4.89 Å². The number of aromatic nitrogens is 2. The monoisotopic (exact) mass is 378 g/mol. The highest BCUT2D eigenvalue weighted by atomic mass is 79.9. The molecule has 9 heteroatoms. The molecule has 0 bridgehead atoms. The van der Waals surface area contributed by atoms with Crippen molar-refractivity contribution in [2.45, 2.75) is 20.0 Å². The van der Waals surface area contributed by atoms with Gasteiger partial charge in [-0.1, -0.05) is 13.8 Å². The van der Waals surface area contributed by atoms with Crippen molar-refractivity contribution in [3.8, 4) is 0 Å². The van der Waals surface area contributed by atoms with E-state index in [1.165, 1.54) is 0 Å². The summed E-state index contributed by atoms with van der Waals surface area (Å²) in [5, 5.41) is 0. The van der Waals surface area contributed by atoms with Crippen molar-refractivity contribution in [1.82, 2.24) is 18.9 Å². The highest BCUT2D eigenvalue weighted by Crippen LogP contribution is 2.70. The molecule has 0 saturated carbocycles. The molecule has 21 heavy (non-hydrogen) atoms. The van der Waals surface area contributed by atoms with Gasteiger partial charge in [0.05, 0.1) is 26.2 Å². The Morgan fingerprint density at radius 3 is 2.14 bits per heavy atom. The van der Waals surface area contributed by atoms with Crippen molar-refractivity contribution in [1.29, 1.82) is 0 Å². The molecule has 2 saturated heterocycles. The van der Waals surface area contributed by atoms with Gasteiger partial charge in [0.1, 0.15) is 16.2 Å². The maximum absolute atomic E-state index is 11.0. The van der Waals surface area contributed by atoms with Gasteiger partial charge in [0.15, 0.2) is 6.10 Å². The predicted molar refractivity (Wildman–Crippen MR) is 86.3 cm³/mol. The molecule has 2 aliphatic rings. The topological polar surface area (TPSA) is 79.3 Å². The fraction of sp³-hybridized carbons (Fsp3) is 0.750. The Hall–Kier alpha value is -0.240. The third kappa shape index (κ3) is 2.85. The van der Waals surface area contributed by atoms with Gasteiger partial charge in [0, 0.05) is 7.05 Å². The standard InChI is InChI=1S/C12H22BrN5O2P/c1-8(2)9(12-15-10(13)11(14)16(12)3)20-21(19,17-4-5-17)18-6-7-18/h8-9,19H,4-7,14H2,1-3H3/q+1. The minimum absolute atomic E-state index is 0.184. The lowest BCUT2D eigenvalue weighted by Gasteiger charge is -2.25. The van der Waals surface area contributed by atoms with Gasteiger partial charge in [-0.15, -0.1) is 9.34 Å². The van der Waals surface area contributed by atoms with E-state index in [1.54, 1.807) is 0 Å². The lowest BCUT2D eigenvalue weighted by atomic mass is 10.1. The SMILES string of the molecule is CC(C)C(O[P+](O)(N1CC1)N1CC1)c1nc(Br)c(N)n1C. The molecular formula is C12H22BrN5O2P+. The van der Waals surface area contributed by atoms with E-state index in [-0.39, 0.29) is 12.0 Å². The van der Waals surface area contributed by atoms with E-state index in [2.05, 4.69) is 34.8 Å². The molecule has 1 atom stereocenters. The van der Waals surface area contributed by atoms with Crippen LogP contribution in [0.5, 0.6) is 0 Å². The summed E-state index contributed by atoms with van der Waals surface area (Å²) in [6, 6.07) is 0. The van der Waals surface area contributed by atoms with Crippen molar-refractivity contribution < 1.29 is 9.42 Å². The summed E-state index contributed by atoms with van der Waals surface area (Å²) in [5.74, 6) is 1.50. The molecule has 2 fully saturated rings. The van der Waals surface area contributed by atoms with Crippen molar-refractivity contribution in [2.24, 2.45) is 13.0 Å². The molecule has 1 aromatic rings. The van der Waals surface area contributed by atoms with Crippen LogP contribution in [0.25, 0.3) is 0 Å². The summed E-state index contributed by atoms with van der Waals surface area (Å²) in [6.07, 6.45) is -0.289. The summed E-state index contributed by atoms with van der Waals surface area (Å²) in [5.41, 5.74) is 5.97. The van der Waals surface area contributed by atoms with Crippen LogP contribution in [0.15, 0.2) is 4.60 Å². The minimum Gasteiger partial charge on any atom is -0.383 e. The van der Waals surface area contributed by atoms with E-state index in [0.717, 1.165) is 32.0 Å². The lowest BCUT2D eigenvalue weighted by Crippen LogP contribution is -2.22. The molecule has 3 N–H and O–H groups in total. The van der Waals surface area contributed by atoms with Crippen LogP contribution in [0.4, 0.5) is 5.82 Å². The molecule has 0 spiro atoms. The third-order valence-corrected chi connectivity index (χ3v) is 7.20. The molecule has 0 amide bonds. The van der Waals surface area contributed by atoms with Gasteiger partial charge in [-0.3, -0.25) is 0 Å². The zero-order valence-corrected chi connectivity index (χ0v) is 15.0. The van der Waals surface area contributed by atoms with Crippen LogP contribution in [0.3, 0.4) is 0 Å². The predicted octanol–water partition coefficient (Wildman–Crippen LogP) is 1.78. The van der Waals surface area contributed by atoms with Gasteiger partial charge in [-0.05, 0) is 21.8 Å². The first-order valence-electron chi connectivity index (χ1n) is 7.13. The molecular weight excluding hydrogens is 357 g/mol. The Labute approximate surface area is 133 Å². The Morgan fingerprint density at radius 1 is 1.29 bits per heavy atom. The van der Waals surface area contributed by atoms with Gasteiger partial charge in [0.2, 0.25) is 0 Å². The number of nitrogen functional groups attached to an aromatic ring is 1. The van der Waals surface area contributed by atoms with E-state index in [4.69, 9.17) is 10.3 Å². The minimum atomic E-state index is -2.63. The summed E-state index contributed by atoms with van der Waals surface area (Å²) < 4.78 is 12.7. The molecule has 1 unspecified atom stereocenters. The number of imidazole rings is 1. The van der Waals surface area contributed by atoms with Crippen LogP contribution in [0.1, 0.15) is 25.8 Å². The summed E-state index contributed by atoms with van der Waals surface area (Å²) in [7, 11) is -0.766. The Kier molecular flexibility index (Phi) is 4.05. The first kappa shape index (κ1) is 15.6. The normalized spacial score (nSPS) is 21.0. The van der Waals surface area contributed by atoms with Gasteiger partial charge >= 0.3 is 8.02 Å². The summed E-state index contributed by atoms with van der Waals surface area (Å²) >= 11 is 3.36. The number of hydrogen-bond acceptors (Lipinski definition) is 6. The maximum Gasteiger partial charge on any atom is 0.434 e. The second kappa shape index (κ2) is 5.44. The number of halogens is 1. The number of nitrogens with zero attached hydrogens (tertiary/aromatic N) is 4. The molecule has 1 aromatic heterocycles. The zero-order valence-electron chi connectivity index (χ0n) is 12.5. The van der Waals surface area contributed by atoms with Crippen LogP contribution in [-0.4, -0.2) is 50.0 Å². The number of rotatable bonds is 6. The number of hydrogen-bond donors (Lipinski definition) is 2. The van der Waals surface area contributed by atoms with Crippen LogP contribution in [0, 0.1) is 5.92 Å². The van der Waals surface area contributed by atoms with Crippen LogP contribution in [0.2, 0.25) is 0 Å². The molecule has 0 radical (unpaired) electrons. The van der Waals surface area contributed by atoms with Crippen LogP contribution < -0.4 is 5.73 Å². The third-order valence-electron chi connectivity index (χ3n) is 3.83. The second-order valence-corrected chi connectivity index (χ2v) is 9.02. The van der Waals surface area contributed by atoms with Crippen molar-refractivity contribution >= 4 is 29.8 Å². The van der Waals surface area contributed by atoms with Crippen LogP contribution >= 0.6 is 23.9 Å². The molecule has 0 aliphatic carbocycles. The quantitative estimate of drug-likeness (QED) is 0.580. The molecule has 2 aliphatic heterocycles. The molecule has 7 nitrogen and oxygen atoms in total. The van der Waals surface area contributed by atoms with Crippen LogP contribution in [-0.2, 0) is 11.6 Å². The largest absolute Gasteiger partial charge is 0.434 e. The Balaban J connectivity index is 1.89. The lowest BCUT2D eigenvalue weighted by molar-refractivity contribution is 0.111. The van der Waals surface area contributed by atoms with E-state index in [1.807, 2.05) is 21.0 Å². The van der Waals surface area contributed by atoms with Gasteiger partial charge < -0.3 is 10.3 Å². The fourth-order valence-electron chi connectivity index (χ4n) is 2.29. The Bertz CT molecular complexity index is 532. The first-order chi connectivity index (χ1) is 9.84. The first-order valence-corrected chi connectivity index (χ1v) is 9.49.